The van der Waals surface area contributed by atoms with Gasteiger partial charge >= 0.3 is 0 Å². The van der Waals surface area contributed by atoms with Gasteiger partial charge in [0.1, 0.15) is 5.69 Å². The molecule has 1 saturated heterocycles. The van der Waals surface area contributed by atoms with Crippen molar-refractivity contribution in [2.75, 3.05) is 13.1 Å². The second-order valence-electron chi connectivity index (χ2n) is 8.54. The second-order valence-corrected chi connectivity index (χ2v) is 8.54. The van der Waals surface area contributed by atoms with E-state index in [-0.39, 0.29) is 5.91 Å². The average molecular weight is 411 g/mol. The highest BCUT2D eigenvalue weighted by Crippen LogP contribution is 2.30. The van der Waals surface area contributed by atoms with Crippen LogP contribution in [0.4, 0.5) is 0 Å². The van der Waals surface area contributed by atoms with Crippen LogP contribution in [0, 0.1) is 6.92 Å². The molecule has 156 valence electrons. The Balaban J connectivity index is 1.44. The largest absolute Gasteiger partial charge is 0.340 e. The van der Waals surface area contributed by atoms with Gasteiger partial charge < -0.3 is 10.6 Å². The summed E-state index contributed by atoms with van der Waals surface area (Å²) in [6.45, 7) is 6.46. The van der Waals surface area contributed by atoms with Gasteiger partial charge in [-0.3, -0.25) is 14.8 Å². The standard InChI is InChI=1S/C26H26N4O/c1-17-4-3-5-22(12-17)26(9-11-27-16-26)30-25(31)24-14-20(8-10-28-24)19-6-7-21-15-29-18(2)23(21)13-19/h3-8,10,12-14,27H,9,11,15-16H2,1-2H3,(H,30,31). The Bertz CT molecular complexity index is 1190. The summed E-state index contributed by atoms with van der Waals surface area (Å²) in [7, 11) is 0. The summed E-state index contributed by atoms with van der Waals surface area (Å²) in [5.74, 6) is -0.147. The molecule has 5 rings (SSSR count). The van der Waals surface area contributed by atoms with Crippen molar-refractivity contribution < 1.29 is 4.79 Å². The van der Waals surface area contributed by atoms with Crippen LogP contribution in [0.5, 0.6) is 0 Å². The molecule has 2 aliphatic rings. The molecular formula is C26H26N4O. The molecule has 1 atom stereocenters. The van der Waals surface area contributed by atoms with Crippen molar-refractivity contribution in [2.24, 2.45) is 4.99 Å². The van der Waals surface area contributed by atoms with Crippen molar-refractivity contribution >= 4 is 11.6 Å². The van der Waals surface area contributed by atoms with E-state index < -0.39 is 5.54 Å². The first kappa shape index (κ1) is 19.6. The van der Waals surface area contributed by atoms with Crippen molar-refractivity contribution in [1.29, 1.82) is 0 Å². The fourth-order valence-corrected chi connectivity index (χ4v) is 4.60. The Morgan fingerprint density at radius 1 is 1.06 bits per heavy atom. The van der Waals surface area contributed by atoms with E-state index in [0.29, 0.717) is 12.2 Å². The van der Waals surface area contributed by atoms with Crippen LogP contribution in [0.2, 0.25) is 0 Å². The van der Waals surface area contributed by atoms with E-state index in [9.17, 15) is 4.79 Å². The Morgan fingerprint density at radius 3 is 2.74 bits per heavy atom. The second kappa shape index (κ2) is 7.75. The van der Waals surface area contributed by atoms with Crippen molar-refractivity contribution in [2.45, 2.75) is 32.4 Å². The third-order valence-corrected chi connectivity index (χ3v) is 6.39. The first-order valence-corrected chi connectivity index (χ1v) is 10.8. The van der Waals surface area contributed by atoms with Gasteiger partial charge in [0.25, 0.3) is 5.91 Å². The predicted octanol–water partition coefficient (Wildman–Crippen LogP) is 4.00. The van der Waals surface area contributed by atoms with E-state index in [0.717, 1.165) is 41.9 Å². The molecule has 1 amide bonds. The molecule has 2 aromatic carbocycles. The predicted molar refractivity (Wildman–Crippen MR) is 123 cm³/mol. The molecule has 1 unspecified atom stereocenters. The summed E-state index contributed by atoms with van der Waals surface area (Å²) in [5.41, 5.74) is 7.91. The topological polar surface area (TPSA) is 66.4 Å². The lowest BCUT2D eigenvalue weighted by atomic mass is 9.87. The minimum atomic E-state index is -0.415. The van der Waals surface area contributed by atoms with Gasteiger partial charge in [0.05, 0.1) is 12.1 Å². The van der Waals surface area contributed by atoms with Gasteiger partial charge in [0.15, 0.2) is 0 Å². The number of fused-ring (bicyclic) bond motifs is 1. The van der Waals surface area contributed by atoms with E-state index in [1.54, 1.807) is 6.20 Å². The number of hydrogen-bond acceptors (Lipinski definition) is 4. The molecule has 0 saturated carbocycles. The molecule has 1 aromatic heterocycles. The number of aryl methyl sites for hydroxylation is 1. The zero-order valence-electron chi connectivity index (χ0n) is 17.9. The normalized spacial score (nSPS) is 19.7. The highest BCUT2D eigenvalue weighted by Gasteiger charge is 2.37. The number of rotatable bonds is 4. The average Bonchev–Trinajstić information content (AvgIpc) is 3.41. The van der Waals surface area contributed by atoms with Crippen molar-refractivity contribution in [3.63, 3.8) is 0 Å². The third-order valence-electron chi connectivity index (χ3n) is 6.39. The lowest BCUT2D eigenvalue weighted by Crippen LogP contribution is -2.47. The molecule has 2 N–H and O–H groups in total. The molecule has 0 bridgehead atoms. The lowest BCUT2D eigenvalue weighted by molar-refractivity contribution is 0.0899. The van der Waals surface area contributed by atoms with Gasteiger partial charge in [-0.05, 0) is 67.3 Å². The van der Waals surface area contributed by atoms with Crippen molar-refractivity contribution in [3.05, 3.63) is 88.7 Å². The van der Waals surface area contributed by atoms with E-state index >= 15 is 0 Å². The Labute approximate surface area is 182 Å². The van der Waals surface area contributed by atoms with Gasteiger partial charge in [-0.2, -0.15) is 0 Å². The summed E-state index contributed by atoms with van der Waals surface area (Å²) >= 11 is 0. The Hall–Kier alpha value is -3.31. The van der Waals surface area contributed by atoms with Crippen LogP contribution < -0.4 is 10.6 Å². The molecular weight excluding hydrogens is 384 g/mol. The number of benzene rings is 2. The van der Waals surface area contributed by atoms with Crippen LogP contribution >= 0.6 is 0 Å². The molecule has 5 heteroatoms. The number of hydrogen-bond donors (Lipinski definition) is 2. The molecule has 1 fully saturated rings. The summed E-state index contributed by atoms with van der Waals surface area (Å²) in [4.78, 5) is 22.2. The maximum absolute atomic E-state index is 13.3. The Kier molecular flexibility index (Phi) is 4.91. The molecule has 0 radical (unpaired) electrons. The first-order valence-electron chi connectivity index (χ1n) is 10.8. The van der Waals surface area contributed by atoms with Crippen LogP contribution in [-0.4, -0.2) is 29.7 Å². The smallest absolute Gasteiger partial charge is 0.270 e. The fraction of sp³-hybridized carbons (Fsp3) is 0.269. The van der Waals surface area contributed by atoms with Crippen LogP contribution in [0.25, 0.3) is 11.1 Å². The number of pyridine rings is 1. The molecule has 3 aromatic rings. The maximum atomic E-state index is 13.3. The quantitative estimate of drug-likeness (QED) is 0.683. The number of carbonyl (C=O) groups is 1. The zero-order valence-corrected chi connectivity index (χ0v) is 17.9. The van der Waals surface area contributed by atoms with Crippen molar-refractivity contribution in [3.8, 4) is 11.1 Å². The van der Waals surface area contributed by atoms with E-state index in [1.165, 1.54) is 16.7 Å². The van der Waals surface area contributed by atoms with Crippen molar-refractivity contribution in [1.82, 2.24) is 15.6 Å². The SMILES string of the molecule is CC1=NCc2ccc(-c3ccnc(C(=O)NC4(c5cccc(C)c5)CCNC4)c3)cc21. The van der Waals surface area contributed by atoms with Gasteiger partial charge in [-0.15, -0.1) is 0 Å². The highest BCUT2D eigenvalue weighted by molar-refractivity contribution is 6.03. The third kappa shape index (κ3) is 3.66. The molecule has 0 aliphatic carbocycles. The van der Waals surface area contributed by atoms with Crippen LogP contribution in [0.1, 0.15) is 46.1 Å². The number of nitrogens with zero attached hydrogens (tertiary/aromatic N) is 2. The Morgan fingerprint density at radius 2 is 1.94 bits per heavy atom. The number of aliphatic imine (C=N–C) groups is 1. The molecule has 0 spiro atoms. The number of carbonyl (C=O) groups excluding carboxylic acids is 1. The van der Waals surface area contributed by atoms with E-state index in [2.05, 4.69) is 70.0 Å². The van der Waals surface area contributed by atoms with Crippen LogP contribution in [-0.2, 0) is 12.1 Å². The molecule has 2 aliphatic heterocycles. The fourth-order valence-electron chi connectivity index (χ4n) is 4.60. The summed E-state index contributed by atoms with van der Waals surface area (Å²) < 4.78 is 0. The first-order chi connectivity index (χ1) is 15.0. The molecule has 3 heterocycles. The number of amides is 1. The molecule has 31 heavy (non-hydrogen) atoms. The monoisotopic (exact) mass is 410 g/mol. The summed E-state index contributed by atoms with van der Waals surface area (Å²) in [5, 5.41) is 6.70. The van der Waals surface area contributed by atoms with Crippen LogP contribution in [0.3, 0.4) is 0 Å². The summed E-state index contributed by atoms with van der Waals surface area (Å²) in [6.07, 6.45) is 2.57. The maximum Gasteiger partial charge on any atom is 0.270 e. The number of nitrogens with one attached hydrogen (secondary N) is 2. The van der Waals surface area contributed by atoms with E-state index in [1.807, 2.05) is 19.1 Å². The minimum absolute atomic E-state index is 0.147. The molecule has 5 nitrogen and oxygen atoms in total. The highest BCUT2D eigenvalue weighted by atomic mass is 16.2. The van der Waals surface area contributed by atoms with Crippen LogP contribution in [0.15, 0.2) is 65.8 Å². The van der Waals surface area contributed by atoms with Gasteiger partial charge in [0.2, 0.25) is 0 Å². The summed E-state index contributed by atoms with van der Waals surface area (Å²) in [6, 6.07) is 18.6. The zero-order chi connectivity index (χ0) is 21.4. The minimum Gasteiger partial charge on any atom is -0.340 e. The van der Waals surface area contributed by atoms with Gasteiger partial charge in [-0.25, -0.2) is 0 Å². The van der Waals surface area contributed by atoms with Gasteiger partial charge in [0, 0.05) is 24.0 Å². The van der Waals surface area contributed by atoms with E-state index in [4.69, 9.17) is 0 Å². The lowest BCUT2D eigenvalue weighted by Gasteiger charge is -2.30. The van der Waals surface area contributed by atoms with Gasteiger partial charge in [-0.1, -0.05) is 42.0 Å². The number of aromatic nitrogens is 1.